The molecule has 0 bridgehead atoms. The Labute approximate surface area is 143 Å². The number of ether oxygens (including phenoxy) is 1. The molecule has 132 valence electrons. The van der Waals surface area contributed by atoms with E-state index >= 15 is 0 Å². The van der Waals surface area contributed by atoms with Gasteiger partial charge in [0.1, 0.15) is 5.73 Å². The molecule has 1 aromatic heterocycles. The molecule has 0 amide bonds. The van der Waals surface area contributed by atoms with Crippen molar-refractivity contribution < 1.29 is 18.4 Å². The second-order valence-corrected chi connectivity index (χ2v) is 7.65. The zero-order valence-electron chi connectivity index (χ0n) is 15.1. The van der Waals surface area contributed by atoms with Gasteiger partial charge in [-0.25, -0.2) is 4.39 Å². The largest absolute Gasteiger partial charge is 0.525 e. The maximum absolute atomic E-state index is 14.9. The first-order valence-electron chi connectivity index (χ1n) is 8.56. The van der Waals surface area contributed by atoms with Crippen molar-refractivity contribution in [2.45, 2.75) is 71.3 Å². The molecule has 0 saturated carbocycles. The fourth-order valence-electron chi connectivity index (χ4n) is 2.92. The molecule has 3 heterocycles. The predicted octanol–water partition coefficient (Wildman–Crippen LogP) is 3.39. The molecule has 1 aromatic rings. The second-order valence-electron chi connectivity index (χ2n) is 7.65. The third-order valence-electron chi connectivity index (χ3n) is 5.30. The summed E-state index contributed by atoms with van der Waals surface area (Å²) >= 11 is 0. The van der Waals surface area contributed by atoms with E-state index in [4.69, 9.17) is 14.0 Å². The molecule has 0 spiro atoms. The van der Waals surface area contributed by atoms with Crippen LogP contribution in [0.4, 0.5) is 4.39 Å². The van der Waals surface area contributed by atoms with E-state index in [1.54, 1.807) is 13.1 Å². The lowest BCUT2D eigenvalue weighted by atomic mass is 9.84. The molecule has 2 saturated heterocycles. The third-order valence-corrected chi connectivity index (χ3v) is 5.30. The lowest BCUT2D eigenvalue weighted by molar-refractivity contribution is 0.00578. The Kier molecular flexibility index (Phi) is 4.62. The Morgan fingerprint density at radius 1 is 1.33 bits per heavy atom. The number of rotatable bonds is 4. The molecule has 24 heavy (non-hydrogen) atoms. The van der Waals surface area contributed by atoms with Gasteiger partial charge in [-0.2, -0.15) is 5.10 Å². The number of hydrogen-bond acceptors (Lipinski definition) is 4. The SMILES string of the molecule is CC(=C(F)B1OC(C)(C)C(C)(C)O1)c1cnn(CC2CCCO2)c1. The monoisotopic (exact) mass is 336 g/mol. The van der Waals surface area contributed by atoms with Crippen LogP contribution in [0.3, 0.4) is 0 Å². The van der Waals surface area contributed by atoms with Crippen molar-refractivity contribution in [1.82, 2.24) is 9.78 Å². The highest BCUT2D eigenvalue weighted by Gasteiger charge is 2.53. The lowest BCUT2D eigenvalue weighted by Gasteiger charge is -2.32. The number of nitrogens with zero attached hydrogens (tertiary/aromatic N) is 2. The van der Waals surface area contributed by atoms with Crippen molar-refractivity contribution in [3.05, 3.63) is 23.7 Å². The molecule has 1 atom stereocenters. The van der Waals surface area contributed by atoms with Crippen molar-refractivity contribution in [1.29, 1.82) is 0 Å². The summed E-state index contributed by atoms with van der Waals surface area (Å²) in [5.74, 6) is 0. The lowest BCUT2D eigenvalue weighted by Crippen LogP contribution is -2.41. The van der Waals surface area contributed by atoms with Crippen LogP contribution in [0.5, 0.6) is 0 Å². The molecule has 2 aliphatic heterocycles. The van der Waals surface area contributed by atoms with E-state index < -0.39 is 24.0 Å². The average Bonchev–Trinajstić information content (AvgIpc) is 3.20. The number of aromatic nitrogens is 2. The van der Waals surface area contributed by atoms with E-state index in [1.165, 1.54) is 0 Å². The number of hydrogen-bond donors (Lipinski definition) is 0. The van der Waals surface area contributed by atoms with Gasteiger partial charge in [-0.15, -0.1) is 0 Å². The Bertz CT molecular complexity index is 620. The summed E-state index contributed by atoms with van der Waals surface area (Å²) in [6.45, 7) is 10.9. The fraction of sp³-hybridized carbons (Fsp3) is 0.706. The highest BCUT2D eigenvalue weighted by atomic mass is 19.1. The number of allylic oxidation sites excluding steroid dienone is 1. The van der Waals surface area contributed by atoms with E-state index in [1.807, 2.05) is 38.6 Å². The Hall–Kier alpha value is -1.18. The van der Waals surface area contributed by atoms with Crippen molar-refractivity contribution >= 4 is 12.7 Å². The summed E-state index contributed by atoms with van der Waals surface area (Å²) in [6.07, 6.45) is 5.87. The molecule has 1 unspecified atom stereocenters. The van der Waals surface area contributed by atoms with Crippen LogP contribution in [0.1, 0.15) is 53.0 Å². The summed E-state index contributed by atoms with van der Waals surface area (Å²) in [6, 6.07) is 0. The molecule has 0 aliphatic carbocycles. The summed E-state index contributed by atoms with van der Waals surface area (Å²) < 4.78 is 33.8. The summed E-state index contributed by atoms with van der Waals surface area (Å²) in [7, 11) is -0.975. The molecular formula is C17H26BFN2O3. The smallest absolute Gasteiger partial charge is 0.398 e. The second kappa shape index (κ2) is 6.28. The van der Waals surface area contributed by atoms with E-state index in [-0.39, 0.29) is 6.10 Å². The number of halogens is 1. The van der Waals surface area contributed by atoms with Crippen LogP contribution in [0.15, 0.2) is 18.1 Å². The fourth-order valence-corrected chi connectivity index (χ4v) is 2.92. The molecule has 2 aliphatic rings. The summed E-state index contributed by atoms with van der Waals surface area (Å²) in [5.41, 5.74) is -0.281. The van der Waals surface area contributed by atoms with E-state index in [2.05, 4.69) is 5.10 Å². The van der Waals surface area contributed by atoms with Gasteiger partial charge in [0.05, 0.1) is 30.0 Å². The average molecular weight is 336 g/mol. The van der Waals surface area contributed by atoms with Crippen molar-refractivity contribution in [2.75, 3.05) is 6.61 Å². The topological polar surface area (TPSA) is 45.5 Å². The first kappa shape index (κ1) is 17.6. The highest BCUT2D eigenvalue weighted by Crippen LogP contribution is 2.40. The molecule has 5 nitrogen and oxygen atoms in total. The van der Waals surface area contributed by atoms with E-state index in [9.17, 15) is 4.39 Å². The summed E-state index contributed by atoms with van der Waals surface area (Å²) in [5, 5.41) is 4.32. The minimum atomic E-state index is -0.975. The van der Waals surface area contributed by atoms with Gasteiger partial charge < -0.3 is 14.0 Å². The maximum Gasteiger partial charge on any atom is 0.525 e. The zero-order chi connectivity index (χ0) is 17.5. The van der Waals surface area contributed by atoms with Gasteiger partial charge in [-0.3, -0.25) is 4.68 Å². The summed E-state index contributed by atoms with van der Waals surface area (Å²) in [4.78, 5) is 0. The van der Waals surface area contributed by atoms with Crippen LogP contribution in [0.25, 0.3) is 5.57 Å². The standard InChI is InChI=1S/C17H26BFN2O3/c1-12(15(19)18-23-16(2,3)17(4,5)24-18)13-9-20-21(10-13)11-14-7-6-8-22-14/h9-10,14H,6-8,11H2,1-5H3. The molecule has 3 rings (SSSR count). The third kappa shape index (κ3) is 3.30. The van der Waals surface area contributed by atoms with Crippen LogP contribution < -0.4 is 0 Å². The van der Waals surface area contributed by atoms with Crippen LogP contribution in [-0.2, 0) is 20.6 Å². The Balaban J connectivity index is 1.74. The van der Waals surface area contributed by atoms with Gasteiger partial charge in [-0.05, 0) is 53.0 Å². The minimum Gasteiger partial charge on any atom is -0.398 e. The van der Waals surface area contributed by atoms with Gasteiger partial charge >= 0.3 is 7.12 Å². The molecule has 2 fully saturated rings. The molecular weight excluding hydrogens is 310 g/mol. The van der Waals surface area contributed by atoms with E-state index in [0.717, 1.165) is 25.0 Å². The quantitative estimate of drug-likeness (QED) is 0.791. The van der Waals surface area contributed by atoms with E-state index in [0.29, 0.717) is 12.1 Å². The predicted molar refractivity (Wildman–Crippen MR) is 91.0 cm³/mol. The first-order valence-corrected chi connectivity index (χ1v) is 8.56. The van der Waals surface area contributed by atoms with Crippen molar-refractivity contribution in [3.8, 4) is 0 Å². The van der Waals surface area contributed by atoms with Crippen LogP contribution in [-0.4, -0.2) is 40.8 Å². The molecule has 0 aromatic carbocycles. The van der Waals surface area contributed by atoms with Crippen molar-refractivity contribution in [3.63, 3.8) is 0 Å². The van der Waals surface area contributed by atoms with Gasteiger partial charge in [0.2, 0.25) is 0 Å². The van der Waals surface area contributed by atoms with Gasteiger partial charge in [-0.1, -0.05) is 0 Å². The Morgan fingerprint density at radius 2 is 2.00 bits per heavy atom. The van der Waals surface area contributed by atoms with Gasteiger partial charge in [0, 0.05) is 18.4 Å². The zero-order valence-corrected chi connectivity index (χ0v) is 15.1. The van der Waals surface area contributed by atoms with Gasteiger partial charge in [0.15, 0.2) is 0 Å². The van der Waals surface area contributed by atoms with Gasteiger partial charge in [0.25, 0.3) is 0 Å². The maximum atomic E-state index is 14.9. The van der Waals surface area contributed by atoms with Crippen LogP contribution in [0.2, 0.25) is 0 Å². The Morgan fingerprint density at radius 3 is 2.58 bits per heavy atom. The van der Waals surface area contributed by atoms with Crippen molar-refractivity contribution in [2.24, 2.45) is 0 Å². The minimum absolute atomic E-state index is 0.204. The highest BCUT2D eigenvalue weighted by molar-refractivity contribution is 6.55. The van der Waals surface area contributed by atoms with Crippen LogP contribution >= 0.6 is 0 Å². The first-order chi connectivity index (χ1) is 11.2. The molecule has 0 N–H and O–H groups in total. The normalized spacial score (nSPS) is 26.8. The van der Waals surface area contributed by atoms with Crippen LogP contribution in [0, 0.1) is 0 Å². The molecule has 7 heteroatoms. The molecule has 0 radical (unpaired) electrons.